The fourth-order valence-corrected chi connectivity index (χ4v) is 2.74. The summed E-state index contributed by atoms with van der Waals surface area (Å²) >= 11 is 6.29. The number of alkyl halides is 1. The van der Waals surface area contributed by atoms with Crippen LogP contribution in [0.1, 0.15) is 50.4 Å². The van der Waals surface area contributed by atoms with Crippen molar-refractivity contribution in [3.63, 3.8) is 0 Å². The summed E-state index contributed by atoms with van der Waals surface area (Å²) in [4.78, 5) is 4.70. The first-order chi connectivity index (χ1) is 9.00. The van der Waals surface area contributed by atoms with E-state index in [0.717, 1.165) is 23.8 Å². The molecule has 1 aromatic heterocycles. The molecule has 1 heterocycles. The van der Waals surface area contributed by atoms with Crippen LogP contribution in [0.15, 0.2) is 18.2 Å². The number of aromatic nitrogens is 2. The number of hydrogen-bond acceptors (Lipinski definition) is 1. The van der Waals surface area contributed by atoms with Gasteiger partial charge in [-0.2, -0.15) is 0 Å². The van der Waals surface area contributed by atoms with Crippen molar-refractivity contribution in [1.29, 1.82) is 0 Å². The molecule has 0 aliphatic carbocycles. The highest BCUT2D eigenvalue weighted by Crippen LogP contribution is 2.27. The van der Waals surface area contributed by atoms with Crippen molar-refractivity contribution in [3.8, 4) is 0 Å². The zero-order chi connectivity index (χ0) is 14.0. The van der Waals surface area contributed by atoms with Gasteiger partial charge in [-0.15, -0.1) is 11.6 Å². The number of imidazole rings is 1. The van der Waals surface area contributed by atoms with Gasteiger partial charge in [0.2, 0.25) is 0 Å². The van der Waals surface area contributed by atoms with E-state index >= 15 is 0 Å². The molecule has 0 saturated carbocycles. The third-order valence-electron chi connectivity index (χ3n) is 3.52. The highest BCUT2D eigenvalue weighted by atomic mass is 35.5. The SMILES string of the molecule is Cc1cccc2nc(C(C)Cl)n(CCCC(C)C)c12. The quantitative estimate of drug-likeness (QED) is 0.697. The zero-order valence-electron chi connectivity index (χ0n) is 12.3. The van der Waals surface area contributed by atoms with Gasteiger partial charge >= 0.3 is 0 Å². The monoisotopic (exact) mass is 278 g/mol. The maximum atomic E-state index is 6.29. The van der Waals surface area contributed by atoms with Gasteiger partial charge in [0.25, 0.3) is 0 Å². The summed E-state index contributed by atoms with van der Waals surface area (Å²) in [7, 11) is 0. The first-order valence-corrected chi connectivity index (χ1v) is 7.54. The van der Waals surface area contributed by atoms with E-state index in [1.165, 1.54) is 23.9 Å². The summed E-state index contributed by atoms with van der Waals surface area (Å²) in [6.07, 6.45) is 2.41. The molecule has 0 amide bonds. The molecular weight excluding hydrogens is 256 g/mol. The van der Waals surface area contributed by atoms with Gasteiger partial charge in [-0.05, 0) is 44.2 Å². The zero-order valence-corrected chi connectivity index (χ0v) is 13.0. The number of nitrogens with zero attached hydrogens (tertiary/aromatic N) is 2. The minimum atomic E-state index is -0.0501. The Balaban J connectivity index is 2.40. The van der Waals surface area contributed by atoms with Crippen molar-refractivity contribution >= 4 is 22.6 Å². The molecule has 1 aromatic carbocycles. The summed E-state index contributed by atoms with van der Waals surface area (Å²) in [6.45, 7) is 9.68. The minimum absolute atomic E-state index is 0.0501. The smallest absolute Gasteiger partial charge is 0.127 e. The Morgan fingerprint density at radius 3 is 2.63 bits per heavy atom. The van der Waals surface area contributed by atoms with Gasteiger partial charge in [0, 0.05) is 6.54 Å². The first-order valence-electron chi connectivity index (χ1n) is 7.10. The Kier molecular flexibility index (Phi) is 4.51. The third kappa shape index (κ3) is 3.11. The van der Waals surface area contributed by atoms with Crippen molar-refractivity contribution in [3.05, 3.63) is 29.6 Å². The van der Waals surface area contributed by atoms with Crippen LogP contribution in [0.25, 0.3) is 11.0 Å². The van der Waals surface area contributed by atoms with Crippen LogP contribution < -0.4 is 0 Å². The predicted octanol–water partition coefficient (Wildman–Crippen LogP) is 5.08. The molecule has 0 radical (unpaired) electrons. The van der Waals surface area contributed by atoms with Crippen molar-refractivity contribution in [1.82, 2.24) is 9.55 Å². The fourth-order valence-electron chi connectivity index (χ4n) is 2.57. The number of hydrogen-bond donors (Lipinski definition) is 0. The van der Waals surface area contributed by atoms with Gasteiger partial charge in [0.1, 0.15) is 5.82 Å². The van der Waals surface area contributed by atoms with Crippen molar-refractivity contribution in [2.45, 2.75) is 52.5 Å². The maximum absolute atomic E-state index is 6.29. The van der Waals surface area contributed by atoms with Crippen molar-refractivity contribution in [2.75, 3.05) is 0 Å². The Bertz CT molecular complexity index is 555. The number of rotatable bonds is 5. The van der Waals surface area contributed by atoms with Crippen molar-refractivity contribution < 1.29 is 0 Å². The fraction of sp³-hybridized carbons (Fsp3) is 0.562. The number of halogens is 1. The lowest BCUT2D eigenvalue weighted by atomic mass is 10.1. The predicted molar refractivity (Wildman–Crippen MR) is 82.8 cm³/mol. The van der Waals surface area contributed by atoms with Crippen LogP contribution in [-0.2, 0) is 6.54 Å². The summed E-state index contributed by atoms with van der Waals surface area (Å²) in [5, 5.41) is -0.0501. The number of aryl methyl sites for hydroxylation is 2. The standard InChI is InChI=1S/C16H23ClN2/c1-11(2)7-6-10-19-15-12(3)8-5-9-14(15)18-16(19)13(4)17/h5,8-9,11,13H,6-7,10H2,1-4H3. The minimum Gasteiger partial charge on any atom is -0.327 e. The van der Waals surface area contributed by atoms with Gasteiger partial charge in [0.05, 0.1) is 16.4 Å². The van der Waals surface area contributed by atoms with Gasteiger partial charge in [-0.25, -0.2) is 4.98 Å². The van der Waals surface area contributed by atoms with E-state index < -0.39 is 0 Å². The molecule has 0 aliphatic heterocycles. The first kappa shape index (κ1) is 14.4. The van der Waals surface area contributed by atoms with E-state index in [4.69, 9.17) is 16.6 Å². The van der Waals surface area contributed by atoms with E-state index in [1.54, 1.807) is 0 Å². The van der Waals surface area contributed by atoms with Crippen LogP contribution in [0.4, 0.5) is 0 Å². The largest absolute Gasteiger partial charge is 0.327 e. The molecule has 2 rings (SSSR count). The Morgan fingerprint density at radius 1 is 1.26 bits per heavy atom. The molecule has 0 N–H and O–H groups in total. The molecule has 0 fully saturated rings. The summed E-state index contributed by atoms with van der Waals surface area (Å²) < 4.78 is 2.31. The van der Waals surface area contributed by atoms with Gasteiger partial charge in [-0.1, -0.05) is 26.0 Å². The molecule has 1 atom stereocenters. The molecule has 2 aromatic rings. The Hall–Kier alpha value is -1.02. The number of benzene rings is 1. The summed E-state index contributed by atoms with van der Waals surface area (Å²) in [5.41, 5.74) is 3.58. The average Bonchev–Trinajstić information content (AvgIpc) is 2.69. The highest BCUT2D eigenvalue weighted by Gasteiger charge is 2.15. The lowest BCUT2D eigenvalue weighted by molar-refractivity contribution is 0.509. The number of para-hydroxylation sites is 1. The molecule has 0 aliphatic rings. The molecule has 3 heteroatoms. The Labute approximate surface area is 120 Å². The van der Waals surface area contributed by atoms with Crippen LogP contribution in [-0.4, -0.2) is 9.55 Å². The molecule has 2 nitrogen and oxygen atoms in total. The highest BCUT2D eigenvalue weighted by molar-refractivity contribution is 6.20. The van der Waals surface area contributed by atoms with Crippen LogP contribution in [0.3, 0.4) is 0 Å². The Morgan fingerprint density at radius 2 is 2.00 bits per heavy atom. The van der Waals surface area contributed by atoms with Crippen molar-refractivity contribution in [2.24, 2.45) is 5.92 Å². The molecule has 0 spiro atoms. The molecule has 1 unspecified atom stereocenters. The molecular formula is C16H23ClN2. The van der Waals surface area contributed by atoms with E-state index in [0.29, 0.717) is 0 Å². The van der Waals surface area contributed by atoms with Gasteiger partial charge < -0.3 is 4.57 Å². The second kappa shape index (κ2) is 5.96. The molecule has 104 valence electrons. The third-order valence-corrected chi connectivity index (χ3v) is 3.71. The van der Waals surface area contributed by atoms with Crippen LogP contribution in [0.2, 0.25) is 0 Å². The second-order valence-electron chi connectivity index (χ2n) is 5.72. The van der Waals surface area contributed by atoms with E-state index in [2.05, 4.69) is 43.5 Å². The molecule has 0 bridgehead atoms. The van der Waals surface area contributed by atoms with E-state index in [9.17, 15) is 0 Å². The molecule has 0 saturated heterocycles. The topological polar surface area (TPSA) is 17.8 Å². The van der Waals surface area contributed by atoms with Gasteiger partial charge in [-0.3, -0.25) is 0 Å². The van der Waals surface area contributed by atoms with Gasteiger partial charge in [0.15, 0.2) is 0 Å². The lowest BCUT2D eigenvalue weighted by Gasteiger charge is -2.12. The summed E-state index contributed by atoms with van der Waals surface area (Å²) in [5.74, 6) is 1.74. The maximum Gasteiger partial charge on any atom is 0.127 e. The second-order valence-corrected chi connectivity index (χ2v) is 6.37. The summed E-state index contributed by atoms with van der Waals surface area (Å²) in [6, 6.07) is 6.28. The normalized spacial score (nSPS) is 13.4. The van der Waals surface area contributed by atoms with E-state index in [-0.39, 0.29) is 5.38 Å². The average molecular weight is 279 g/mol. The number of fused-ring (bicyclic) bond motifs is 1. The van der Waals surface area contributed by atoms with Crippen LogP contribution in [0.5, 0.6) is 0 Å². The van der Waals surface area contributed by atoms with Crippen LogP contribution in [0, 0.1) is 12.8 Å². The van der Waals surface area contributed by atoms with Crippen LogP contribution >= 0.6 is 11.6 Å². The van der Waals surface area contributed by atoms with E-state index in [1.807, 2.05) is 6.92 Å². The molecule has 19 heavy (non-hydrogen) atoms. The lowest BCUT2D eigenvalue weighted by Crippen LogP contribution is -2.06.